The summed E-state index contributed by atoms with van der Waals surface area (Å²) in [6.07, 6.45) is -1.17. The molecule has 1 amide bonds. The summed E-state index contributed by atoms with van der Waals surface area (Å²) in [5.41, 5.74) is 7.60. The van der Waals surface area contributed by atoms with Crippen molar-refractivity contribution in [1.82, 2.24) is 0 Å². The van der Waals surface area contributed by atoms with Crippen molar-refractivity contribution in [1.29, 1.82) is 0 Å². The van der Waals surface area contributed by atoms with Crippen LogP contribution in [0.4, 0.5) is 11.4 Å². The van der Waals surface area contributed by atoms with Gasteiger partial charge < -0.3 is 29.8 Å². The minimum atomic E-state index is -1.17. The van der Waals surface area contributed by atoms with E-state index in [0.29, 0.717) is 39.9 Å². The molecule has 1 fully saturated rings. The Hall–Kier alpha value is -3.13. The molecule has 8 heteroatoms. The molecular weight excluding hydrogens is 352 g/mol. The van der Waals surface area contributed by atoms with Crippen molar-refractivity contribution in [3.8, 4) is 23.0 Å². The predicted octanol–water partition coefficient (Wildman–Crippen LogP) is 1.75. The van der Waals surface area contributed by atoms with E-state index in [2.05, 4.69) is 0 Å². The van der Waals surface area contributed by atoms with E-state index in [4.69, 9.17) is 24.7 Å². The largest absolute Gasteiger partial charge is 0.495 e. The molecule has 1 saturated heterocycles. The quantitative estimate of drug-likeness (QED) is 0.586. The van der Waals surface area contributed by atoms with Gasteiger partial charge in [0.25, 0.3) is 5.91 Å². The molecule has 1 heterocycles. The summed E-state index contributed by atoms with van der Waals surface area (Å²) < 4.78 is 21.2. The predicted molar refractivity (Wildman–Crippen MR) is 99.7 cm³/mol. The molecule has 2 aromatic carbocycles. The van der Waals surface area contributed by atoms with Crippen LogP contribution in [-0.2, 0) is 4.79 Å². The SMILES string of the molecule is COc1ccc(C2C(O)C(=O)N2c2cc(OC)c(OC)c(OC)c2)cc1N. The van der Waals surface area contributed by atoms with E-state index in [1.54, 1.807) is 30.3 Å². The lowest BCUT2D eigenvalue weighted by Gasteiger charge is -2.45. The molecule has 3 N–H and O–H groups in total. The lowest BCUT2D eigenvalue weighted by molar-refractivity contribution is -0.137. The molecule has 27 heavy (non-hydrogen) atoms. The third-order valence-corrected chi connectivity index (χ3v) is 4.59. The minimum absolute atomic E-state index is 0.411. The Morgan fingerprint density at radius 1 is 0.926 bits per heavy atom. The topological polar surface area (TPSA) is 103 Å². The van der Waals surface area contributed by atoms with Crippen LogP contribution in [0, 0.1) is 0 Å². The van der Waals surface area contributed by atoms with Crippen LogP contribution in [-0.4, -0.2) is 45.6 Å². The first kappa shape index (κ1) is 18.7. The monoisotopic (exact) mass is 374 g/mol. The number of ether oxygens (including phenoxy) is 4. The fraction of sp³-hybridized carbons (Fsp3) is 0.316. The first-order chi connectivity index (χ1) is 13.0. The average molecular weight is 374 g/mol. The van der Waals surface area contributed by atoms with Gasteiger partial charge in [0.15, 0.2) is 17.6 Å². The molecule has 1 aliphatic rings. The Bertz CT molecular complexity index is 844. The number of rotatable bonds is 6. The number of aliphatic hydroxyl groups is 1. The van der Waals surface area contributed by atoms with E-state index in [9.17, 15) is 9.90 Å². The second kappa shape index (κ2) is 7.24. The van der Waals surface area contributed by atoms with Crippen molar-refractivity contribution in [2.24, 2.45) is 0 Å². The van der Waals surface area contributed by atoms with Crippen LogP contribution >= 0.6 is 0 Å². The summed E-state index contributed by atoms with van der Waals surface area (Å²) in [4.78, 5) is 13.9. The Kier molecular flexibility index (Phi) is 5.00. The number of β-lactam (4-membered cyclic amide) rings is 1. The fourth-order valence-electron chi connectivity index (χ4n) is 3.24. The van der Waals surface area contributed by atoms with Gasteiger partial charge in [-0.05, 0) is 17.7 Å². The number of nitrogen functional groups attached to an aromatic ring is 1. The number of methoxy groups -OCH3 is 4. The lowest BCUT2D eigenvalue weighted by Crippen LogP contribution is -2.59. The zero-order chi connectivity index (χ0) is 19.7. The normalized spacial score (nSPS) is 18.7. The van der Waals surface area contributed by atoms with Crippen molar-refractivity contribution in [3.05, 3.63) is 35.9 Å². The van der Waals surface area contributed by atoms with Crippen LogP contribution in [0.3, 0.4) is 0 Å². The number of hydrogen-bond acceptors (Lipinski definition) is 7. The van der Waals surface area contributed by atoms with Gasteiger partial charge in [0.1, 0.15) is 5.75 Å². The number of carbonyl (C=O) groups is 1. The Morgan fingerprint density at radius 2 is 1.52 bits per heavy atom. The standard InChI is InChI=1S/C19H22N2O6/c1-24-13-6-5-10(7-12(13)20)16-17(22)19(23)21(16)11-8-14(25-2)18(27-4)15(9-11)26-3/h5-9,16-17,22H,20H2,1-4H3. The molecular formula is C19H22N2O6. The van der Waals surface area contributed by atoms with Crippen molar-refractivity contribution >= 4 is 17.3 Å². The molecule has 0 radical (unpaired) electrons. The number of amides is 1. The van der Waals surface area contributed by atoms with E-state index in [1.165, 1.54) is 33.3 Å². The molecule has 0 aliphatic carbocycles. The molecule has 8 nitrogen and oxygen atoms in total. The van der Waals surface area contributed by atoms with Crippen LogP contribution < -0.4 is 29.6 Å². The van der Waals surface area contributed by atoms with Gasteiger partial charge in [-0.3, -0.25) is 9.69 Å². The summed E-state index contributed by atoms with van der Waals surface area (Å²) in [5, 5.41) is 10.3. The highest BCUT2D eigenvalue weighted by molar-refractivity contribution is 6.05. The molecule has 144 valence electrons. The Morgan fingerprint density at radius 3 is 2.00 bits per heavy atom. The summed E-state index contributed by atoms with van der Waals surface area (Å²) in [7, 11) is 6.02. The maximum Gasteiger partial charge on any atom is 0.259 e. The fourth-order valence-corrected chi connectivity index (χ4v) is 3.24. The van der Waals surface area contributed by atoms with E-state index >= 15 is 0 Å². The van der Waals surface area contributed by atoms with E-state index in [-0.39, 0.29) is 0 Å². The highest BCUT2D eigenvalue weighted by Gasteiger charge is 2.48. The van der Waals surface area contributed by atoms with Crippen molar-refractivity contribution < 1.29 is 28.8 Å². The molecule has 0 saturated carbocycles. The molecule has 1 aliphatic heterocycles. The van der Waals surface area contributed by atoms with Crippen LogP contribution in [0.5, 0.6) is 23.0 Å². The molecule has 0 spiro atoms. The molecule has 2 aromatic rings. The minimum Gasteiger partial charge on any atom is -0.495 e. The Balaban J connectivity index is 2.05. The number of anilines is 2. The van der Waals surface area contributed by atoms with Crippen LogP contribution in [0.1, 0.15) is 11.6 Å². The van der Waals surface area contributed by atoms with Gasteiger partial charge in [0, 0.05) is 12.1 Å². The number of carbonyl (C=O) groups excluding carboxylic acids is 1. The maximum absolute atomic E-state index is 12.4. The van der Waals surface area contributed by atoms with E-state index in [0.717, 1.165) is 0 Å². The average Bonchev–Trinajstić information content (AvgIpc) is 2.69. The third kappa shape index (κ3) is 2.97. The first-order valence-electron chi connectivity index (χ1n) is 8.21. The second-order valence-electron chi connectivity index (χ2n) is 5.98. The van der Waals surface area contributed by atoms with Gasteiger partial charge >= 0.3 is 0 Å². The van der Waals surface area contributed by atoms with Crippen LogP contribution in [0.25, 0.3) is 0 Å². The zero-order valence-electron chi connectivity index (χ0n) is 15.6. The van der Waals surface area contributed by atoms with E-state index in [1.807, 2.05) is 0 Å². The number of benzene rings is 2. The zero-order valence-corrected chi connectivity index (χ0v) is 15.6. The van der Waals surface area contributed by atoms with Crippen molar-refractivity contribution in [3.63, 3.8) is 0 Å². The van der Waals surface area contributed by atoms with Gasteiger partial charge in [-0.2, -0.15) is 0 Å². The van der Waals surface area contributed by atoms with Crippen LogP contribution in [0.15, 0.2) is 30.3 Å². The number of nitrogens with two attached hydrogens (primary N) is 1. The van der Waals surface area contributed by atoms with Gasteiger partial charge in [-0.25, -0.2) is 0 Å². The lowest BCUT2D eigenvalue weighted by atomic mass is 9.89. The van der Waals surface area contributed by atoms with E-state index < -0.39 is 18.1 Å². The summed E-state index contributed by atoms with van der Waals surface area (Å²) in [5.74, 6) is 1.34. The molecule has 2 unspecified atom stereocenters. The summed E-state index contributed by atoms with van der Waals surface area (Å²) >= 11 is 0. The highest BCUT2D eigenvalue weighted by atomic mass is 16.5. The molecule has 2 atom stereocenters. The summed E-state index contributed by atoms with van der Waals surface area (Å²) in [6.45, 7) is 0. The van der Waals surface area contributed by atoms with Gasteiger partial charge in [0.05, 0.1) is 45.9 Å². The molecule has 0 bridgehead atoms. The second-order valence-corrected chi connectivity index (χ2v) is 5.98. The molecule has 0 aromatic heterocycles. The third-order valence-electron chi connectivity index (χ3n) is 4.59. The number of nitrogens with zero attached hydrogens (tertiary/aromatic N) is 1. The number of hydrogen-bond donors (Lipinski definition) is 2. The van der Waals surface area contributed by atoms with Gasteiger partial charge in [-0.1, -0.05) is 6.07 Å². The Labute approximate surface area is 157 Å². The van der Waals surface area contributed by atoms with Gasteiger partial charge in [0.2, 0.25) is 5.75 Å². The smallest absolute Gasteiger partial charge is 0.259 e. The van der Waals surface area contributed by atoms with Crippen molar-refractivity contribution in [2.45, 2.75) is 12.1 Å². The molecule has 3 rings (SSSR count). The highest BCUT2D eigenvalue weighted by Crippen LogP contribution is 2.46. The summed E-state index contributed by atoms with van der Waals surface area (Å²) in [6, 6.07) is 7.88. The first-order valence-corrected chi connectivity index (χ1v) is 8.21. The van der Waals surface area contributed by atoms with Gasteiger partial charge in [-0.15, -0.1) is 0 Å². The maximum atomic E-state index is 12.4. The van der Waals surface area contributed by atoms with Crippen molar-refractivity contribution in [2.75, 3.05) is 39.1 Å². The number of aliphatic hydroxyl groups excluding tert-OH is 1. The van der Waals surface area contributed by atoms with Crippen LogP contribution in [0.2, 0.25) is 0 Å².